The highest BCUT2D eigenvalue weighted by molar-refractivity contribution is 5.83. The highest BCUT2D eigenvalue weighted by Crippen LogP contribution is 2.39. The number of benzene rings is 2. The van der Waals surface area contributed by atoms with Gasteiger partial charge in [-0.3, -0.25) is 0 Å². The molecule has 1 N–H and O–H groups in total. The maximum atomic E-state index is 12.6. The normalized spacial score (nSPS) is 16.3. The molecule has 2 atom stereocenters. The van der Waals surface area contributed by atoms with Gasteiger partial charge in [-0.2, -0.15) is 0 Å². The van der Waals surface area contributed by atoms with E-state index in [1.54, 1.807) is 6.92 Å². The minimum atomic E-state index is -0.871. The second-order valence-corrected chi connectivity index (χ2v) is 6.45. The van der Waals surface area contributed by atoms with Gasteiger partial charge in [-0.15, -0.1) is 0 Å². The fourth-order valence-corrected chi connectivity index (χ4v) is 3.39. The van der Waals surface area contributed by atoms with Crippen LogP contribution in [-0.2, 0) is 27.3 Å². The fraction of sp³-hybridized carbons (Fsp3) is 0.273. The molecule has 140 valence electrons. The lowest BCUT2D eigenvalue weighted by atomic mass is 9.90. The van der Waals surface area contributed by atoms with E-state index in [9.17, 15) is 9.59 Å². The summed E-state index contributed by atoms with van der Waals surface area (Å²) in [5.41, 5.74) is 3.85. The minimum absolute atomic E-state index is 0.129. The second kappa shape index (κ2) is 8.54. The Labute approximate surface area is 159 Å². The zero-order chi connectivity index (χ0) is 19.2. The fourth-order valence-electron chi connectivity index (χ4n) is 3.39. The number of amides is 1. The SMILES string of the molecule is C=C1Cc2ccccc2C1[C@H](NC(=O)OCc1ccccc1)C(=O)OCC. The van der Waals surface area contributed by atoms with Crippen LogP contribution in [0, 0.1) is 0 Å². The van der Waals surface area contributed by atoms with Gasteiger partial charge in [0.2, 0.25) is 0 Å². The first-order valence-corrected chi connectivity index (χ1v) is 8.99. The van der Waals surface area contributed by atoms with Crippen molar-refractivity contribution in [1.29, 1.82) is 0 Å². The quantitative estimate of drug-likeness (QED) is 0.626. The third kappa shape index (κ3) is 4.37. The van der Waals surface area contributed by atoms with Crippen LogP contribution in [-0.4, -0.2) is 24.7 Å². The third-order valence-electron chi connectivity index (χ3n) is 4.61. The predicted octanol–water partition coefficient (Wildman–Crippen LogP) is 3.74. The first-order valence-electron chi connectivity index (χ1n) is 8.99. The lowest BCUT2D eigenvalue weighted by Crippen LogP contribution is -2.46. The molecule has 1 unspecified atom stereocenters. The molecule has 2 aromatic rings. The first kappa shape index (κ1) is 18.7. The molecule has 1 aliphatic carbocycles. The van der Waals surface area contributed by atoms with E-state index < -0.39 is 18.1 Å². The van der Waals surface area contributed by atoms with Gasteiger partial charge >= 0.3 is 12.1 Å². The van der Waals surface area contributed by atoms with Crippen LogP contribution in [0.5, 0.6) is 0 Å². The Kier molecular flexibility index (Phi) is 5.91. The van der Waals surface area contributed by atoms with Crippen molar-refractivity contribution in [2.24, 2.45) is 0 Å². The van der Waals surface area contributed by atoms with Crippen molar-refractivity contribution in [1.82, 2.24) is 5.32 Å². The number of fused-ring (bicyclic) bond motifs is 1. The average Bonchev–Trinajstić information content (AvgIpc) is 3.01. The van der Waals surface area contributed by atoms with E-state index in [0.29, 0.717) is 6.42 Å². The molecule has 3 rings (SSSR count). The molecule has 27 heavy (non-hydrogen) atoms. The zero-order valence-electron chi connectivity index (χ0n) is 15.3. The van der Waals surface area contributed by atoms with E-state index in [2.05, 4.69) is 11.9 Å². The molecule has 0 aliphatic heterocycles. The lowest BCUT2D eigenvalue weighted by molar-refractivity contribution is -0.145. The van der Waals surface area contributed by atoms with Crippen LogP contribution in [0.15, 0.2) is 66.7 Å². The standard InChI is InChI=1S/C22H23NO4/c1-3-26-21(24)20(19-15(2)13-17-11-7-8-12-18(17)19)23-22(25)27-14-16-9-5-4-6-10-16/h4-12,19-20H,2-3,13-14H2,1H3,(H,23,25)/t19?,20-/m0/s1. The van der Waals surface area contributed by atoms with E-state index >= 15 is 0 Å². The van der Waals surface area contributed by atoms with E-state index in [-0.39, 0.29) is 19.1 Å². The molecule has 0 aromatic heterocycles. The van der Waals surface area contributed by atoms with Crippen LogP contribution in [0.25, 0.3) is 0 Å². The van der Waals surface area contributed by atoms with Crippen molar-refractivity contribution < 1.29 is 19.1 Å². The summed E-state index contributed by atoms with van der Waals surface area (Å²) in [5, 5.41) is 2.69. The molecule has 0 saturated carbocycles. The molecule has 2 aromatic carbocycles. The highest BCUT2D eigenvalue weighted by atomic mass is 16.6. The molecule has 5 nitrogen and oxygen atoms in total. The summed E-state index contributed by atoms with van der Waals surface area (Å²) in [4.78, 5) is 24.9. The van der Waals surface area contributed by atoms with E-state index in [1.807, 2.05) is 54.6 Å². The molecule has 0 bridgehead atoms. The Morgan fingerprint density at radius 3 is 2.56 bits per heavy atom. The van der Waals surface area contributed by atoms with Gasteiger partial charge in [-0.1, -0.05) is 66.7 Å². The van der Waals surface area contributed by atoms with Gasteiger partial charge in [-0.25, -0.2) is 9.59 Å². The zero-order valence-corrected chi connectivity index (χ0v) is 15.3. The van der Waals surface area contributed by atoms with Crippen molar-refractivity contribution in [2.75, 3.05) is 6.61 Å². The van der Waals surface area contributed by atoms with Crippen LogP contribution < -0.4 is 5.32 Å². The molecule has 0 saturated heterocycles. The van der Waals surface area contributed by atoms with Crippen molar-refractivity contribution >= 4 is 12.1 Å². The Hall–Kier alpha value is -3.08. The molecule has 1 aliphatic rings. The Morgan fingerprint density at radius 2 is 1.81 bits per heavy atom. The Bertz CT molecular complexity index is 831. The number of esters is 1. The van der Waals surface area contributed by atoms with Gasteiger partial charge in [0, 0.05) is 5.92 Å². The summed E-state index contributed by atoms with van der Waals surface area (Å²) >= 11 is 0. The molecule has 0 heterocycles. The Balaban J connectivity index is 1.75. The molecule has 1 amide bonds. The number of carbonyl (C=O) groups excluding carboxylic acids is 2. The van der Waals surface area contributed by atoms with Gasteiger partial charge in [-0.05, 0) is 30.0 Å². The second-order valence-electron chi connectivity index (χ2n) is 6.45. The maximum Gasteiger partial charge on any atom is 0.408 e. The van der Waals surface area contributed by atoms with Gasteiger partial charge in [0.25, 0.3) is 0 Å². The van der Waals surface area contributed by atoms with Crippen LogP contribution >= 0.6 is 0 Å². The molecule has 0 spiro atoms. The number of nitrogens with one attached hydrogen (secondary N) is 1. The van der Waals surface area contributed by atoms with Gasteiger partial charge in [0.1, 0.15) is 12.6 Å². The number of ether oxygens (including phenoxy) is 2. The molecular weight excluding hydrogens is 342 g/mol. The Morgan fingerprint density at radius 1 is 1.11 bits per heavy atom. The molecule has 5 heteroatoms. The van der Waals surface area contributed by atoms with Crippen molar-refractivity contribution in [3.8, 4) is 0 Å². The molecular formula is C22H23NO4. The smallest absolute Gasteiger partial charge is 0.408 e. The van der Waals surface area contributed by atoms with Crippen LogP contribution in [0.4, 0.5) is 4.79 Å². The van der Waals surface area contributed by atoms with Crippen molar-refractivity contribution in [2.45, 2.75) is 31.9 Å². The third-order valence-corrected chi connectivity index (χ3v) is 4.61. The van der Waals surface area contributed by atoms with E-state index in [1.165, 1.54) is 0 Å². The summed E-state index contributed by atoms with van der Waals surface area (Å²) in [6.45, 7) is 6.21. The van der Waals surface area contributed by atoms with E-state index in [4.69, 9.17) is 9.47 Å². The maximum absolute atomic E-state index is 12.6. The molecule has 0 radical (unpaired) electrons. The highest BCUT2D eigenvalue weighted by Gasteiger charge is 2.38. The molecule has 0 fully saturated rings. The summed E-state index contributed by atoms with van der Waals surface area (Å²) < 4.78 is 10.5. The van der Waals surface area contributed by atoms with Crippen LogP contribution in [0.3, 0.4) is 0 Å². The number of alkyl carbamates (subject to hydrolysis) is 1. The first-order chi connectivity index (χ1) is 13.1. The van der Waals surface area contributed by atoms with Gasteiger partial charge in [0.15, 0.2) is 0 Å². The summed E-state index contributed by atoms with van der Waals surface area (Å²) in [6.07, 6.45) is 0.0198. The van der Waals surface area contributed by atoms with Crippen molar-refractivity contribution in [3.05, 3.63) is 83.4 Å². The number of hydrogen-bond acceptors (Lipinski definition) is 4. The van der Waals surface area contributed by atoms with Crippen LogP contribution in [0.2, 0.25) is 0 Å². The minimum Gasteiger partial charge on any atom is -0.464 e. The monoisotopic (exact) mass is 365 g/mol. The average molecular weight is 365 g/mol. The summed E-state index contributed by atoms with van der Waals surface area (Å²) in [6, 6.07) is 16.3. The largest absolute Gasteiger partial charge is 0.464 e. The van der Waals surface area contributed by atoms with Gasteiger partial charge in [0.05, 0.1) is 6.61 Å². The summed E-state index contributed by atoms with van der Waals surface area (Å²) in [7, 11) is 0. The number of rotatable bonds is 6. The number of carbonyl (C=O) groups is 2. The van der Waals surface area contributed by atoms with E-state index in [0.717, 1.165) is 22.3 Å². The predicted molar refractivity (Wildman–Crippen MR) is 102 cm³/mol. The topological polar surface area (TPSA) is 64.6 Å². The lowest BCUT2D eigenvalue weighted by Gasteiger charge is -2.24. The number of hydrogen-bond donors (Lipinski definition) is 1. The van der Waals surface area contributed by atoms with Gasteiger partial charge < -0.3 is 14.8 Å². The summed E-state index contributed by atoms with van der Waals surface area (Å²) in [5.74, 6) is -0.818. The van der Waals surface area contributed by atoms with Crippen LogP contribution in [0.1, 0.15) is 29.5 Å². The van der Waals surface area contributed by atoms with Crippen molar-refractivity contribution in [3.63, 3.8) is 0 Å².